The van der Waals surface area contributed by atoms with E-state index in [1.54, 1.807) is 12.3 Å². The van der Waals surface area contributed by atoms with Gasteiger partial charge in [0.2, 0.25) is 0 Å². The fraction of sp³-hybridized carbons (Fsp3) is 0.294. The Kier molecular flexibility index (Phi) is 5.32. The molecular formula is C17H21N3O. The number of carbonyl (C=O) groups is 1. The highest BCUT2D eigenvalue weighted by Crippen LogP contribution is 2.08. The molecule has 4 heteroatoms. The van der Waals surface area contributed by atoms with Crippen LogP contribution in [-0.4, -0.2) is 24.0 Å². The number of rotatable bonds is 6. The summed E-state index contributed by atoms with van der Waals surface area (Å²) in [5.74, 6) is -0.137. The van der Waals surface area contributed by atoms with Gasteiger partial charge in [-0.05, 0) is 38.0 Å². The van der Waals surface area contributed by atoms with Gasteiger partial charge in [0.1, 0.15) is 5.69 Å². The van der Waals surface area contributed by atoms with Crippen molar-refractivity contribution in [3.05, 3.63) is 59.4 Å². The fourth-order valence-electron chi connectivity index (χ4n) is 2.15. The lowest BCUT2D eigenvalue weighted by molar-refractivity contribution is 0.0949. The van der Waals surface area contributed by atoms with Crippen LogP contribution in [0.25, 0.3) is 0 Å². The average Bonchev–Trinajstić information content (AvgIpc) is 2.48. The van der Waals surface area contributed by atoms with Crippen molar-refractivity contribution < 1.29 is 4.79 Å². The highest BCUT2D eigenvalue weighted by molar-refractivity contribution is 5.93. The molecule has 0 radical (unpaired) electrons. The van der Waals surface area contributed by atoms with Crippen LogP contribution in [0.15, 0.2) is 42.6 Å². The second-order valence-electron chi connectivity index (χ2n) is 4.96. The molecule has 0 aliphatic carbocycles. The molecule has 2 N–H and O–H groups in total. The van der Waals surface area contributed by atoms with Crippen LogP contribution in [0.5, 0.6) is 0 Å². The summed E-state index contributed by atoms with van der Waals surface area (Å²) < 4.78 is 0. The zero-order valence-corrected chi connectivity index (χ0v) is 12.5. The number of hydrogen-bond acceptors (Lipinski definition) is 3. The van der Waals surface area contributed by atoms with Gasteiger partial charge in [0, 0.05) is 25.0 Å². The van der Waals surface area contributed by atoms with Gasteiger partial charge >= 0.3 is 0 Å². The molecule has 0 atom stereocenters. The topological polar surface area (TPSA) is 54.0 Å². The predicted molar refractivity (Wildman–Crippen MR) is 85.6 cm³/mol. The van der Waals surface area contributed by atoms with E-state index < -0.39 is 0 Å². The summed E-state index contributed by atoms with van der Waals surface area (Å²) in [5.41, 5.74) is 3.82. The summed E-state index contributed by atoms with van der Waals surface area (Å²) in [7, 11) is 0. The van der Waals surface area contributed by atoms with Crippen molar-refractivity contribution in [3.63, 3.8) is 0 Å². The molecule has 0 saturated heterocycles. The molecule has 0 fully saturated rings. The minimum absolute atomic E-state index is 0.137. The van der Waals surface area contributed by atoms with Gasteiger partial charge in [-0.15, -0.1) is 0 Å². The van der Waals surface area contributed by atoms with E-state index in [9.17, 15) is 4.79 Å². The largest absolute Gasteiger partial charge is 0.385 e. The lowest BCUT2D eigenvalue weighted by Crippen LogP contribution is -2.26. The molecule has 1 aromatic carbocycles. The molecule has 0 unspecified atom stereocenters. The zero-order valence-electron chi connectivity index (χ0n) is 12.5. The Morgan fingerprint density at radius 1 is 1.24 bits per heavy atom. The van der Waals surface area contributed by atoms with Crippen molar-refractivity contribution in [1.29, 1.82) is 0 Å². The minimum Gasteiger partial charge on any atom is -0.385 e. The van der Waals surface area contributed by atoms with Gasteiger partial charge in [-0.2, -0.15) is 0 Å². The molecular weight excluding hydrogens is 262 g/mol. The molecule has 1 aromatic heterocycles. The third-order valence-corrected chi connectivity index (χ3v) is 3.16. The molecule has 0 saturated carbocycles. The van der Waals surface area contributed by atoms with Gasteiger partial charge in [0.15, 0.2) is 0 Å². The van der Waals surface area contributed by atoms with Crippen LogP contribution in [0.4, 0.5) is 5.69 Å². The average molecular weight is 283 g/mol. The molecule has 2 aromatic rings. The fourth-order valence-corrected chi connectivity index (χ4v) is 2.15. The van der Waals surface area contributed by atoms with Gasteiger partial charge in [-0.3, -0.25) is 9.78 Å². The smallest absolute Gasteiger partial charge is 0.269 e. The summed E-state index contributed by atoms with van der Waals surface area (Å²) in [6.45, 7) is 5.51. The van der Waals surface area contributed by atoms with E-state index in [0.29, 0.717) is 12.2 Å². The van der Waals surface area contributed by atoms with Crippen molar-refractivity contribution in [3.8, 4) is 0 Å². The number of benzene rings is 1. The van der Waals surface area contributed by atoms with Gasteiger partial charge in [-0.25, -0.2) is 0 Å². The minimum atomic E-state index is -0.137. The van der Waals surface area contributed by atoms with Crippen LogP contribution in [0, 0.1) is 6.92 Å². The Labute approximate surface area is 125 Å². The van der Waals surface area contributed by atoms with Crippen molar-refractivity contribution in [2.24, 2.45) is 0 Å². The molecule has 1 amide bonds. The molecule has 0 spiro atoms. The van der Waals surface area contributed by atoms with E-state index in [2.05, 4.69) is 40.7 Å². The first-order chi connectivity index (χ1) is 10.2. The highest BCUT2D eigenvalue weighted by atomic mass is 16.1. The maximum atomic E-state index is 12.1. The highest BCUT2D eigenvalue weighted by Gasteiger charge is 2.07. The normalized spacial score (nSPS) is 10.2. The molecule has 0 aliphatic rings. The Balaban J connectivity index is 1.88. The molecule has 2 rings (SSSR count). The summed E-state index contributed by atoms with van der Waals surface area (Å²) in [6, 6.07) is 11.9. The molecule has 1 heterocycles. The Morgan fingerprint density at radius 3 is 2.86 bits per heavy atom. The number of amides is 1. The third kappa shape index (κ3) is 4.60. The summed E-state index contributed by atoms with van der Waals surface area (Å²) in [6.07, 6.45) is 2.47. The van der Waals surface area contributed by atoms with Crippen LogP contribution in [0.3, 0.4) is 0 Å². The number of anilines is 1. The lowest BCUT2D eigenvalue weighted by Gasteiger charge is -2.07. The van der Waals surface area contributed by atoms with Crippen molar-refractivity contribution in [2.45, 2.75) is 20.3 Å². The number of nitrogens with zero attached hydrogens (tertiary/aromatic N) is 1. The summed E-state index contributed by atoms with van der Waals surface area (Å²) in [5, 5.41) is 6.08. The van der Waals surface area contributed by atoms with Crippen LogP contribution < -0.4 is 10.6 Å². The SMILES string of the molecule is CCNc1ccnc(C(=O)NCCc2cccc(C)c2)c1. The number of carbonyl (C=O) groups excluding carboxylic acids is 1. The van der Waals surface area contributed by atoms with Gasteiger partial charge in [0.25, 0.3) is 5.91 Å². The number of pyridine rings is 1. The molecule has 0 bridgehead atoms. The maximum absolute atomic E-state index is 12.1. The van der Waals surface area contributed by atoms with Crippen LogP contribution in [0.2, 0.25) is 0 Å². The van der Waals surface area contributed by atoms with E-state index in [-0.39, 0.29) is 5.91 Å². The lowest BCUT2D eigenvalue weighted by atomic mass is 10.1. The predicted octanol–water partition coefficient (Wildman–Crippen LogP) is 2.79. The number of aryl methyl sites for hydroxylation is 1. The summed E-state index contributed by atoms with van der Waals surface area (Å²) >= 11 is 0. The van der Waals surface area contributed by atoms with E-state index >= 15 is 0 Å². The molecule has 21 heavy (non-hydrogen) atoms. The Bertz CT molecular complexity index is 610. The van der Waals surface area contributed by atoms with Crippen molar-refractivity contribution in [2.75, 3.05) is 18.4 Å². The number of nitrogens with one attached hydrogen (secondary N) is 2. The maximum Gasteiger partial charge on any atom is 0.269 e. The zero-order chi connectivity index (χ0) is 15.1. The monoisotopic (exact) mass is 283 g/mol. The van der Waals surface area contributed by atoms with Crippen LogP contribution in [0.1, 0.15) is 28.5 Å². The first kappa shape index (κ1) is 15.0. The quantitative estimate of drug-likeness (QED) is 0.857. The van der Waals surface area contributed by atoms with Crippen LogP contribution >= 0.6 is 0 Å². The third-order valence-electron chi connectivity index (χ3n) is 3.16. The van der Waals surface area contributed by atoms with Crippen molar-refractivity contribution >= 4 is 11.6 Å². The van der Waals surface area contributed by atoms with E-state index in [1.807, 2.05) is 19.1 Å². The van der Waals surface area contributed by atoms with Gasteiger partial charge < -0.3 is 10.6 Å². The first-order valence-corrected chi connectivity index (χ1v) is 7.22. The van der Waals surface area contributed by atoms with Gasteiger partial charge in [0.05, 0.1) is 0 Å². The van der Waals surface area contributed by atoms with Gasteiger partial charge in [-0.1, -0.05) is 29.8 Å². The number of hydrogen-bond donors (Lipinski definition) is 2. The molecule has 110 valence electrons. The van der Waals surface area contributed by atoms with E-state index in [4.69, 9.17) is 0 Å². The summed E-state index contributed by atoms with van der Waals surface area (Å²) in [4.78, 5) is 16.2. The Morgan fingerprint density at radius 2 is 2.10 bits per heavy atom. The Hall–Kier alpha value is -2.36. The second kappa shape index (κ2) is 7.43. The number of aromatic nitrogens is 1. The first-order valence-electron chi connectivity index (χ1n) is 7.22. The standard InChI is InChI=1S/C17H21N3O/c1-3-18-15-8-10-19-16(12-15)17(21)20-9-7-14-6-4-5-13(2)11-14/h4-6,8,10-12H,3,7,9H2,1-2H3,(H,18,19)(H,20,21). The second-order valence-corrected chi connectivity index (χ2v) is 4.96. The molecule has 4 nitrogen and oxygen atoms in total. The van der Waals surface area contributed by atoms with E-state index in [0.717, 1.165) is 18.7 Å². The van der Waals surface area contributed by atoms with Crippen LogP contribution in [-0.2, 0) is 6.42 Å². The van der Waals surface area contributed by atoms with Crippen molar-refractivity contribution in [1.82, 2.24) is 10.3 Å². The molecule has 0 aliphatic heterocycles. The van der Waals surface area contributed by atoms with E-state index in [1.165, 1.54) is 11.1 Å².